The van der Waals surface area contributed by atoms with Crippen molar-refractivity contribution >= 4 is 39.8 Å². The van der Waals surface area contributed by atoms with Crippen LogP contribution in [0.5, 0.6) is 5.75 Å². The number of nitrogens with two attached hydrogens (primary N) is 1. The van der Waals surface area contributed by atoms with Gasteiger partial charge in [0.2, 0.25) is 0 Å². The fraction of sp³-hybridized carbons (Fsp3) is 0.320. The van der Waals surface area contributed by atoms with Crippen LogP contribution < -0.4 is 21.2 Å². The molecule has 0 saturated carbocycles. The van der Waals surface area contributed by atoms with Crippen molar-refractivity contribution < 1.29 is 13.9 Å². The molecule has 0 aliphatic rings. The minimum Gasteiger partial charge on any atom is -0.494 e. The van der Waals surface area contributed by atoms with Gasteiger partial charge in [-0.3, -0.25) is 9.59 Å². The van der Waals surface area contributed by atoms with E-state index >= 15 is 0 Å². The minimum atomic E-state index is -0.330. The maximum atomic E-state index is 12.7. The summed E-state index contributed by atoms with van der Waals surface area (Å²) in [6.45, 7) is 2.87. The zero-order valence-electron chi connectivity index (χ0n) is 18.2. The van der Waals surface area contributed by atoms with Gasteiger partial charge in [-0.05, 0) is 42.8 Å². The van der Waals surface area contributed by atoms with Crippen LogP contribution in [0.25, 0.3) is 11.0 Å². The molecule has 0 aliphatic carbocycles. The van der Waals surface area contributed by atoms with E-state index in [1.807, 2.05) is 0 Å². The van der Waals surface area contributed by atoms with Crippen molar-refractivity contribution in [3.63, 3.8) is 0 Å². The highest BCUT2D eigenvalue weighted by Crippen LogP contribution is 2.23. The van der Waals surface area contributed by atoms with Crippen LogP contribution in [0.2, 0.25) is 0 Å². The smallest absolute Gasteiger partial charge is 0.255 e. The summed E-state index contributed by atoms with van der Waals surface area (Å²) in [5.41, 5.74) is 6.38. The highest BCUT2D eigenvalue weighted by Gasteiger charge is 2.13. The lowest BCUT2D eigenvalue weighted by Gasteiger charge is -2.10. The molecule has 0 aliphatic heterocycles. The molecule has 3 aromatic rings. The summed E-state index contributed by atoms with van der Waals surface area (Å²) in [4.78, 5) is 25.0. The lowest BCUT2D eigenvalue weighted by Crippen LogP contribution is -2.15. The summed E-state index contributed by atoms with van der Waals surface area (Å²) >= 11 is 4.91. The molecule has 0 bridgehead atoms. The number of carbonyl (C=O) groups excluding carboxylic acids is 1. The Bertz CT molecular complexity index is 1140. The maximum Gasteiger partial charge on any atom is 0.255 e. The second kappa shape index (κ2) is 11.4. The second-order valence-corrected chi connectivity index (χ2v) is 8.06. The van der Waals surface area contributed by atoms with Crippen molar-refractivity contribution in [3.05, 3.63) is 70.1 Å². The van der Waals surface area contributed by atoms with Crippen LogP contribution in [0, 0.1) is 0 Å². The van der Waals surface area contributed by atoms with Gasteiger partial charge in [-0.2, -0.15) is 0 Å². The van der Waals surface area contributed by atoms with Crippen molar-refractivity contribution in [2.75, 3.05) is 11.9 Å². The van der Waals surface area contributed by atoms with Crippen LogP contribution in [-0.4, -0.2) is 17.5 Å². The number of anilines is 1. The number of carbonyl (C=O) groups is 1. The molecule has 0 unspecified atom stereocenters. The van der Waals surface area contributed by atoms with E-state index in [4.69, 9.17) is 27.1 Å². The average molecular weight is 453 g/mol. The number of hydrogen-bond acceptors (Lipinski definition) is 5. The summed E-state index contributed by atoms with van der Waals surface area (Å²) in [6.07, 6.45) is 7.24. The number of thiocarbonyl (C=S) groups is 1. The van der Waals surface area contributed by atoms with Gasteiger partial charge in [0.15, 0.2) is 16.8 Å². The Kier molecular flexibility index (Phi) is 8.39. The van der Waals surface area contributed by atoms with E-state index in [0.717, 1.165) is 18.6 Å². The first-order valence-corrected chi connectivity index (χ1v) is 11.3. The molecular weight excluding hydrogens is 424 g/mol. The zero-order chi connectivity index (χ0) is 22.9. The van der Waals surface area contributed by atoms with Crippen LogP contribution in [-0.2, 0) is 0 Å². The summed E-state index contributed by atoms with van der Waals surface area (Å²) in [5.74, 6) is 0.502. The molecule has 0 atom stereocenters. The number of nitrogens with one attached hydrogen (secondary N) is 1. The SMILES string of the molecule is CCCCCCCCOc1ccc(C(=O)Nc2cccc3c(=O)cc(C(N)=S)oc23)cc1. The Balaban J connectivity index is 1.63. The highest BCUT2D eigenvalue weighted by molar-refractivity contribution is 7.80. The van der Waals surface area contributed by atoms with Crippen molar-refractivity contribution in [1.82, 2.24) is 0 Å². The third kappa shape index (κ3) is 6.17. The third-order valence-corrected chi connectivity index (χ3v) is 5.33. The second-order valence-electron chi connectivity index (χ2n) is 7.62. The first-order chi connectivity index (χ1) is 15.5. The molecule has 1 amide bonds. The van der Waals surface area contributed by atoms with Crippen molar-refractivity contribution in [2.45, 2.75) is 45.4 Å². The summed E-state index contributed by atoms with van der Waals surface area (Å²) in [7, 11) is 0. The maximum absolute atomic E-state index is 12.7. The predicted molar refractivity (Wildman–Crippen MR) is 132 cm³/mol. The van der Waals surface area contributed by atoms with Crippen LogP contribution in [0.15, 0.2) is 57.7 Å². The van der Waals surface area contributed by atoms with E-state index in [0.29, 0.717) is 23.2 Å². The third-order valence-electron chi connectivity index (χ3n) is 5.13. The van der Waals surface area contributed by atoms with Crippen molar-refractivity contribution in [1.29, 1.82) is 0 Å². The molecule has 3 rings (SSSR count). The lowest BCUT2D eigenvalue weighted by molar-refractivity contribution is 0.102. The molecule has 1 aromatic heterocycles. The molecular formula is C25H28N2O4S. The van der Waals surface area contributed by atoms with E-state index < -0.39 is 0 Å². The number of hydrogen-bond donors (Lipinski definition) is 2. The Labute approximate surface area is 192 Å². The first kappa shape index (κ1) is 23.5. The molecule has 0 fully saturated rings. The molecule has 0 spiro atoms. The van der Waals surface area contributed by atoms with Crippen molar-refractivity contribution in [3.8, 4) is 5.75 Å². The summed E-state index contributed by atoms with van der Waals surface area (Å²) < 4.78 is 11.4. The van der Waals surface area contributed by atoms with E-state index in [2.05, 4.69) is 12.2 Å². The number of ether oxygens (including phenoxy) is 1. The molecule has 2 aromatic carbocycles. The average Bonchev–Trinajstić information content (AvgIpc) is 2.79. The number of rotatable bonds is 11. The number of fused-ring (bicyclic) bond motifs is 1. The van der Waals surface area contributed by atoms with E-state index in [9.17, 15) is 9.59 Å². The van der Waals surface area contributed by atoms with Crippen LogP contribution >= 0.6 is 12.2 Å². The lowest BCUT2D eigenvalue weighted by atomic mass is 10.1. The van der Waals surface area contributed by atoms with Gasteiger partial charge in [-0.25, -0.2) is 0 Å². The van der Waals surface area contributed by atoms with Gasteiger partial charge in [0.1, 0.15) is 10.7 Å². The Morgan fingerprint density at radius 1 is 1.06 bits per heavy atom. The van der Waals surface area contributed by atoms with E-state index in [1.165, 1.54) is 31.7 Å². The monoisotopic (exact) mass is 452 g/mol. The van der Waals surface area contributed by atoms with E-state index in [1.54, 1.807) is 42.5 Å². The Hall–Kier alpha value is -3.19. The Morgan fingerprint density at radius 3 is 2.50 bits per heavy atom. The molecule has 3 N–H and O–H groups in total. The van der Waals surface area contributed by atoms with Gasteiger partial charge in [0.05, 0.1) is 17.7 Å². The predicted octanol–water partition coefficient (Wildman–Crippen LogP) is 5.42. The number of benzene rings is 2. The van der Waals surface area contributed by atoms with Crippen LogP contribution in [0.4, 0.5) is 5.69 Å². The largest absolute Gasteiger partial charge is 0.494 e. The van der Waals surface area contributed by atoms with Gasteiger partial charge < -0.3 is 20.2 Å². The van der Waals surface area contributed by atoms with Gasteiger partial charge in [-0.15, -0.1) is 0 Å². The number of para-hydroxylation sites is 1. The van der Waals surface area contributed by atoms with Crippen LogP contribution in [0.3, 0.4) is 0 Å². The van der Waals surface area contributed by atoms with Gasteiger partial charge in [0.25, 0.3) is 5.91 Å². The van der Waals surface area contributed by atoms with E-state index in [-0.39, 0.29) is 27.7 Å². The highest BCUT2D eigenvalue weighted by atomic mass is 32.1. The first-order valence-electron chi connectivity index (χ1n) is 10.9. The minimum absolute atomic E-state index is 0.0262. The quantitative estimate of drug-likeness (QED) is 0.298. The van der Waals surface area contributed by atoms with Gasteiger partial charge >= 0.3 is 0 Å². The molecule has 7 heteroatoms. The van der Waals surface area contributed by atoms with Crippen molar-refractivity contribution in [2.24, 2.45) is 5.73 Å². The van der Waals surface area contributed by atoms with Crippen LogP contribution in [0.1, 0.15) is 61.6 Å². The van der Waals surface area contributed by atoms with Gasteiger partial charge in [-0.1, -0.05) is 57.3 Å². The van der Waals surface area contributed by atoms with Gasteiger partial charge in [0, 0.05) is 11.6 Å². The standard InChI is InChI=1S/C25H28N2O4S/c1-2-3-4-5-6-7-15-30-18-13-11-17(12-14-18)25(29)27-20-10-8-9-19-21(28)16-22(24(26)32)31-23(19)20/h8-14,16H,2-7,15H2,1H3,(H2,26,32)(H,27,29). The zero-order valence-corrected chi connectivity index (χ0v) is 19.0. The molecule has 1 heterocycles. The number of unbranched alkanes of at least 4 members (excludes halogenated alkanes) is 5. The fourth-order valence-electron chi connectivity index (χ4n) is 3.37. The topological polar surface area (TPSA) is 94.6 Å². The number of amides is 1. The molecule has 0 saturated heterocycles. The summed E-state index contributed by atoms with van der Waals surface area (Å²) in [6, 6.07) is 13.2. The molecule has 6 nitrogen and oxygen atoms in total. The normalized spacial score (nSPS) is 10.8. The molecule has 0 radical (unpaired) electrons. The Morgan fingerprint density at radius 2 is 1.78 bits per heavy atom. The fourth-order valence-corrected chi connectivity index (χ4v) is 3.47. The molecule has 168 valence electrons. The summed E-state index contributed by atoms with van der Waals surface area (Å²) in [5, 5.41) is 3.13. The molecule has 32 heavy (non-hydrogen) atoms.